The van der Waals surface area contributed by atoms with Gasteiger partial charge in [0.1, 0.15) is 6.10 Å². The summed E-state index contributed by atoms with van der Waals surface area (Å²) in [5.74, 6) is 0.261. The monoisotopic (exact) mass is 238 g/mol. The summed E-state index contributed by atoms with van der Waals surface area (Å²) in [6.45, 7) is 1.49. The van der Waals surface area contributed by atoms with E-state index in [0.29, 0.717) is 5.41 Å². The Balaban J connectivity index is 1.51. The van der Waals surface area contributed by atoms with Crippen molar-refractivity contribution in [1.29, 1.82) is 0 Å². The largest absolute Gasteiger partial charge is 0.462 e. The Labute approximate surface area is 103 Å². The maximum atomic E-state index is 12.1. The van der Waals surface area contributed by atoms with Gasteiger partial charge in [-0.05, 0) is 37.5 Å². The summed E-state index contributed by atoms with van der Waals surface area (Å²) in [4.78, 5) is 12.1. The zero-order valence-corrected chi connectivity index (χ0v) is 10.5. The van der Waals surface area contributed by atoms with Crippen molar-refractivity contribution in [3.05, 3.63) is 0 Å². The Morgan fingerprint density at radius 3 is 2.59 bits per heavy atom. The number of carbonyl (C=O) groups is 1. The van der Waals surface area contributed by atoms with Crippen LogP contribution in [-0.2, 0) is 14.3 Å². The maximum absolute atomic E-state index is 12.1. The van der Waals surface area contributed by atoms with E-state index in [0.717, 1.165) is 38.9 Å². The lowest BCUT2D eigenvalue weighted by Crippen LogP contribution is -2.31. The molecule has 3 fully saturated rings. The van der Waals surface area contributed by atoms with Crippen LogP contribution in [0.25, 0.3) is 0 Å². The highest BCUT2D eigenvalue weighted by molar-refractivity contribution is 5.73. The van der Waals surface area contributed by atoms with Crippen LogP contribution in [0.4, 0.5) is 0 Å². The summed E-state index contributed by atoms with van der Waals surface area (Å²) >= 11 is 0. The second-order valence-electron chi connectivity index (χ2n) is 6.04. The second kappa shape index (κ2) is 4.60. The molecule has 1 saturated heterocycles. The van der Waals surface area contributed by atoms with E-state index < -0.39 is 0 Å². The first kappa shape index (κ1) is 11.5. The fourth-order valence-electron chi connectivity index (χ4n) is 3.34. The molecule has 0 amide bonds. The lowest BCUT2D eigenvalue weighted by Gasteiger charge is -2.30. The maximum Gasteiger partial charge on any atom is 0.309 e. The molecule has 0 N–H and O–H groups in total. The van der Waals surface area contributed by atoms with Crippen LogP contribution in [0.3, 0.4) is 0 Å². The molecule has 3 heteroatoms. The summed E-state index contributed by atoms with van der Waals surface area (Å²) in [5.41, 5.74) is 0.553. The summed E-state index contributed by atoms with van der Waals surface area (Å²) in [6.07, 6.45) is 9.25. The molecule has 1 unspecified atom stereocenters. The van der Waals surface area contributed by atoms with E-state index in [2.05, 4.69) is 0 Å². The van der Waals surface area contributed by atoms with Gasteiger partial charge in [-0.3, -0.25) is 4.79 Å². The van der Waals surface area contributed by atoms with Crippen LogP contribution in [0, 0.1) is 11.3 Å². The fourth-order valence-corrected chi connectivity index (χ4v) is 3.34. The molecule has 3 nitrogen and oxygen atoms in total. The Bertz CT molecular complexity index is 290. The molecule has 96 valence electrons. The Hall–Kier alpha value is -0.570. The third kappa shape index (κ3) is 2.65. The van der Waals surface area contributed by atoms with Crippen molar-refractivity contribution < 1.29 is 14.3 Å². The van der Waals surface area contributed by atoms with Gasteiger partial charge in [0.2, 0.25) is 0 Å². The highest BCUT2D eigenvalue weighted by atomic mass is 16.6. The molecule has 1 heterocycles. The Morgan fingerprint density at radius 1 is 1.12 bits per heavy atom. The number of esters is 1. The summed E-state index contributed by atoms with van der Waals surface area (Å²) in [6, 6.07) is 0. The fraction of sp³-hybridized carbons (Fsp3) is 0.929. The summed E-state index contributed by atoms with van der Waals surface area (Å²) in [7, 11) is 0. The smallest absolute Gasteiger partial charge is 0.309 e. The molecule has 2 aliphatic carbocycles. The predicted octanol–water partition coefficient (Wildman–Crippen LogP) is 2.68. The summed E-state index contributed by atoms with van der Waals surface area (Å²) in [5, 5.41) is 0. The van der Waals surface area contributed by atoms with Gasteiger partial charge >= 0.3 is 5.97 Å². The summed E-state index contributed by atoms with van der Waals surface area (Å²) < 4.78 is 10.9. The van der Waals surface area contributed by atoms with Gasteiger partial charge < -0.3 is 9.47 Å². The lowest BCUT2D eigenvalue weighted by molar-refractivity contribution is -0.160. The Morgan fingerprint density at radius 2 is 1.88 bits per heavy atom. The topological polar surface area (TPSA) is 35.5 Å². The number of ether oxygens (including phenoxy) is 2. The van der Waals surface area contributed by atoms with Crippen molar-refractivity contribution in [2.45, 2.75) is 57.5 Å². The molecule has 0 aromatic rings. The molecule has 1 aliphatic heterocycles. The van der Waals surface area contributed by atoms with Gasteiger partial charge in [-0.15, -0.1) is 0 Å². The van der Waals surface area contributed by atoms with Gasteiger partial charge in [-0.2, -0.15) is 0 Å². The first-order valence-electron chi connectivity index (χ1n) is 7.06. The van der Waals surface area contributed by atoms with Crippen LogP contribution in [0.2, 0.25) is 0 Å². The molecule has 1 spiro atoms. The van der Waals surface area contributed by atoms with Crippen molar-refractivity contribution in [3.63, 3.8) is 0 Å². The molecular formula is C14H22O3. The number of hydrogen-bond donors (Lipinski definition) is 0. The van der Waals surface area contributed by atoms with Crippen molar-refractivity contribution in [1.82, 2.24) is 0 Å². The standard InChI is InChI=1S/C14H22O3/c15-13(17-12-3-8-16-9-4-12)11-2-1-5-14(10-11)6-7-14/h11-12H,1-10H2. The quantitative estimate of drug-likeness (QED) is 0.694. The average molecular weight is 238 g/mol. The first-order chi connectivity index (χ1) is 8.27. The van der Waals surface area contributed by atoms with E-state index in [4.69, 9.17) is 9.47 Å². The first-order valence-corrected chi connectivity index (χ1v) is 7.06. The third-order valence-electron chi connectivity index (χ3n) is 4.68. The van der Waals surface area contributed by atoms with Gasteiger partial charge in [0.25, 0.3) is 0 Å². The van der Waals surface area contributed by atoms with E-state index in [-0.39, 0.29) is 18.0 Å². The van der Waals surface area contributed by atoms with E-state index in [1.807, 2.05) is 0 Å². The van der Waals surface area contributed by atoms with Gasteiger partial charge in [-0.25, -0.2) is 0 Å². The van der Waals surface area contributed by atoms with Crippen LogP contribution < -0.4 is 0 Å². The van der Waals surface area contributed by atoms with Gasteiger partial charge in [0, 0.05) is 12.8 Å². The molecule has 0 bridgehead atoms. The van der Waals surface area contributed by atoms with E-state index in [1.165, 1.54) is 25.7 Å². The molecule has 2 saturated carbocycles. The minimum Gasteiger partial charge on any atom is -0.462 e. The van der Waals surface area contributed by atoms with E-state index in [1.54, 1.807) is 0 Å². The highest BCUT2D eigenvalue weighted by Crippen LogP contribution is 2.57. The Kier molecular flexibility index (Phi) is 3.12. The molecule has 1 atom stereocenters. The van der Waals surface area contributed by atoms with Crippen molar-refractivity contribution in [3.8, 4) is 0 Å². The number of rotatable bonds is 2. The highest BCUT2D eigenvalue weighted by Gasteiger charge is 2.47. The molecule has 0 radical (unpaired) electrons. The van der Waals surface area contributed by atoms with Crippen LogP contribution in [0.1, 0.15) is 51.4 Å². The molecule has 17 heavy (non-hydrogen) atoms. The van der Waals surface area contributed by atoms with Crippen molar-refractivity contribution >= 4 is 5.97 Å². The van der Waals surface area contributed by atoms with E-state index in [9.17, 15) is 4.79 Å². The second-order valence-corrected chi connectivity index (χ2v) is 6.04. The van der Waals surface area contributed by atoms with Crippen LogP contribution in [0.15, 0.2) is 0 Å². The minimum atomic E-state index is 0.0721. The molecule has 0 aromatic heterocycles. The van der Waals surface area contributed by atoms with E-state index >= 15 is 0 Å². The minimum absolute atomic E-state index is 0.0721. The van der Waals surface area contributed by atoms with Crippen molar-refractivity contribution in [2.24, 2.45) is 11.3 Å². The lowest BCUT2D eigenvalue weighted by atomic mass is 9.79. The molecular weight excluding hydrogens is 216 g/mol. The van der Waals surface area contributed by atoms with Crippen LogP contribution in [-0.4, -0.2) is 25.3 Å². The normalized spacial score (nSPS) is 32.4. The average Bonchev–Trinajstić information content (AvgIpc) is 3.10. The molecule has 0 aromatic carbocycles. The molecule has 3 aliphatic rings. The van der Waals surface area contributed by atoms with Gasteiger partial charge in [0.15, 0.2) is 0 Å². The number of carbonyl (C=O) groups excluding carboxylic acids is 1. The third-order valence-corrected chi connectivity index (χ3v) is 4.68. The van der Waals surface area contributed by atoms with Crippen LogP contribution in [0.5, 0.6) is 0 Å². The zero-order valence-electron chi connectivity index (χ0n) is 10.5. The zero-order chi connectivity index (χ0) is 11.7. The SMILES string of the molecule is O=C(OC1CCOCC1)C1CCCC2(CC2)C1. The van der Waals surface area contributed by atoms with Gasteiger partial charge in [-0.1, -0.05) is 6.42 Å². The number of hydrogen-bond acceptors (Lipinski definition) is 3. The van der Waals surface area contributed by atoms with Gasteiger partial charge in [0.05, 0.1) is 19.1 Å². The van der Waals surface area contributed by atoms with Crippen LogP contribution >= 0.6 is 0 Å². The molecule has 3 rings (SSSR count). The predicted molar refractivity (Wildman–Crippen MR) is 63.6 cm³/mol. The van der Waals surface area contributed by atoms with Crippen molar-refractivity contribution in [2.75, 3.05) is 13.2 Å².